The van der Waals surface area contributed by atoms with Crippen molar-refractivity contribution in [1.29, 1.82) is 10.5 Å². The third-order valence-electron chi connectivity index (χ3n) is 9.11. The SMILES string of the molecule is N#Cc1cc(C#N)c(-c2cc(-c3ccc4oc5ccccc5c4c3)cc(-c3ccc4oc5ccccc5c4c3)c2)c(-c2ccccc2)c1. The van der Waals surface area contributed by atoms with Crippen LogP contribution in [0.2, 0.25) is 0 Å². The standard InChI is InChI=1S/C44H24N2O2/c45-25-27-18-34(26-46)44(37(19-27)28-8-2-1-3-9-28)33-21-31(29-14-16-42-38(23-29)35-10-4-6-12-40(35)47-42)20-32(22-33)30-15-17-43-39(24-30)36-11-5-7-13-41(36)48-43/h1-24H. The second-order valence-corrected chi connectivity index (χ2v) is 12.0. The Morgan fingerprint density at radius 2 is 0.896 bits per heavy atom. The summed E-state index contributed by atoms with van der Waals surface area (Å²) in [5.41, 5.74) is 11.8. The molecular weight excluding hydrogens is 588 g/mol. The summed E-state index contributed by atoms with van der Waals surface area (Å²) in [5, 5.41) is 24.6. The summed E-state index contributed by atoms with van der Waals surface area (Å²) < 4.78 is 12.3. The number of hydrogen-bond acceptors (Lipinski definition) is 4. The molecule has 0 saturated heterocycles. The highest BCUT2D eigenvalue weighted by Gasteiger charge is 2.18. The maximum atomic E-state index is 10.5. The Balaban J connectivity index is 1.33. The van der Waals surface area contributed by atoms with E-state index in [1.165, 1.54) is 0 Å². The van der Waals surface area contributed by atoms with Crippen molar-refractivity contribution >= 4 is 43.9 Å². The monoisotopic (exact) mass is 612 g/mol. The summed E-state index contributed by atoms with van der Waals surface area (Å²) in [6.45, 7) is 0. The highest BCUT2D eigenvalue weighted by molar-refractivity contribution is 6.08. The van der Waals surface area contributed by atoms with Gasteiger partial charge in [0.15, 0.2) is 0 Å². The fourth-order valence-electron chi connectivity index (χ4n) is 6.87. The van der Waals surface area contributed by atoms with Crippen LogP contribution < -0.4 is 0 Å². The molecule has 4 heteroatoms. The van der Waals surface area contributed by atoms with Crippen LogP contribution in [0.4, 0.5) is 0 Å². The lowest BCUT2D eigenvalue weighted by atomic mass is 9.86. The molecule has 2 heterocycles. The van der Waals surface area contributed by atoms with Gasteiger partial charge in [0.2, 0.25) is 0 Å². The summed E-state index contributed by atoms with van der Waals surface area (Å²) in [5.74, 6) is 0. The van der Waals surface area contributed by atoms with Crippen LogP contribution in [0, 0.1) is 22.7 Å². The van der Waals surface area contributed by atoms with Crippen LogP contribution in [0.25, 0.3) is 88.4 Å². The summed E-state index contributed by atoms with van der Waals surface area (Å²) in [6.07, 6.45) is 0. The van der Waals surface area contributed by atoms with Crippen LogP contribution in [0.15, 0.2) is 154 Å². The molecule has 0 aliphatic carbocycles. The molecule has 48 heavy (non-hydrogen) atoms. The highest BCUT2D eigenvalue weighted by atomic mass is 16.3. The predicted octanol–water partition coefficient (Wildman–Crippen LogP) is 11.9. The first-order valence-electron chi connectivity index (χ1n) is 15.7. The molecule has 0 bridgehead atoms. The topological polar surface area (TPSA) is 73.9 Å². The van der Waals surface area contributed by atoms with Gasteiger partial charge in [-0.1, -0.05) is 78.9 Å². The van der Waals surface area contributed by atoms with E-state index in [9.17, 15) is 10.5 Å². The Labute approximate surface area is 275 Å². The maximum Gasteiger partial charge on any atom is 0.135 e. The zero-order valence-electron chi connectivity index (χ0n) is 25.6. The summed E-state index contributed by atoms with van der Waals surface area (Å²) in [4.78, 5) is 0. The lowest BCUT2D eigenvalue weighted by molar-refractivity contribution is 0.668. The smallest absolute Gasteiger partial charge is 0.135 e. The molecule has 7 aromatic carbocycles. The molecule has 0 aliphatic heterocycles. The van der Waals surface area contributed by atoms with Gasteiger partial charge >= 0.3 is 0 Å². The molecule has 0 spiro atoms. The van der Waals surface area contributed by atoms with Gasteiger partial charge in [0.25, 0.3) is 0 Å². The molecule has 4 nitrogen and oxygen atoms in total. The Morgan fingerprint density at radius 1 is 0.375 bits per heavy atom. The van der Waals surface area contributed by atoms with E-state index in [1.807, 2.05) is 84.9 Å². The van der Waals surface area contributed by atoms with Crippen molar-refractivity contribution < 1.29 is 8.83 Å². The number of benzene rings is 7. The summed E-state index contributed by atoms with van der Waals surface area (Å²) in [7, 11) is 0. The first-order chi connectivity index (χ1) is 23.7. The largest absolute Gasteiger partial charge is 0.456 e. The van der Waals surface area contributed by atoms with E-state index in [4.69, 9.17) is 8.83 Å². The molecule has 0 saturated carbocycles. The van der Waals surface area contributed by atoms with Crippen molar-refractivity contribution in [3.05, 3.63) is 157 Å². The minimum atomic E-state index is 0.445. The Bertz CT molecular complexity index is 2680. The third kappa shape index (κ3) is 4.44. The second kappa shape index (κ2) is 10.9. The van der Waals surface area contributed by atoms with Gasteiger partial charge in [-0.2, -0.15) is 10.5 Å². The zero-order valence-corrected chi connectivity index (χ0v) is 25.6. The fourth-order valence-corrected chi connectivity index (χ4v) is 6.87. The summed E-state index contributed by atoms with van der Waals surface area (Å²) in [6, 6.07) is 53.4. The van der Waals surface area contributed by atoms with Crippen LogP contribution >= 0.6 is 0 Å². The van der Waals surface area contributed by atoms with E-state index in [0.717, 1.165) is 88.4 Å². The molecule has 0 fully saturated rings. The zero-order chi connectivity index (χ0) is 32.2. The highest BCUT2D eigenvalue weighted by Crippen LogP contribution is 2.42. The number of fused-ring (bicyclic) bond motifs is 6. The quantitative estimate of drug-likeness (QED) is 0.198. The van der Waals surface area contributed by atoms with E-state index in [2.05, 4.69) is 66.7 Å². The van der Waals surface area contributed by atoms with Crippen LogP contribution in [-0.4, -0.2) is 0 Å². The number of nitrogens with zero attached hydrogens (tertiary/aromatic N) is 2. The average Bonchev–Trinajstić information content (AvgIpc) is 3.72. The number of para-hydroxylation sites is 2. The molecule has 222 valence electrons. The Kier molecular flexibility index (Phi) is 6.22. The lowest BCUT2D eigenvalue weighted by Crippen LogP contribution is -1.94. The minimum Gasteiger partial charge on any atom is -0.456 e. The molecule has 0 amide bonds. The van der Waals surface area contributed by atoms with E-state index >= 15 is 0 Å². The van der Waals surface area contributed by atoms with Crippen molar-refractivity contribution in [3.8, 4) is 56.6 Å². The number of rotatable bonds is 4. The molecule has 0 aliphatic rings. The van der Waals surface area contributed by atoms with Gasteiger partial charge in [0.05, 0.1) is 23.3 Å². The van der Waals surface area contributed by atoms with Gasteiger partial charge < -0.3 is 8.83 Å². The summed E-state index contributed by atoms with van der Waals surface area (Å²) >= 11 is 0. The number of hydrogen-bond donors (Lipinski definition) is 0. The first kappa shape index (κ1) is 27.4. The van der Waals surface area contributed by atoms with Gasteiger partial charge in [-0.25, -0.2) is 0 Å². The normalized spacial score (nSPS) is 11.3. The molecule has 0 unspecified atom stereocenters. The molecule has 2 aromatic heterocycles. The number of nitriles is 2. The Hall–Kier alpha value is -6.88. The van der Waals surface area contributed by atoms with Crippen LogP contribution in [-0.2, 0) is 0 Å². The van der Waals surface area contributed by atoms with Gasteiger partial charge in [-0.05, 0) is 106 Å². The number of furan rings is 2. The van der Waals surface area contributed by atoms with Gasteiger partial charge in [-0.15, -0.1) is 0 Å². The van der Waals surface area contributed by atoms with Crippen LogP contribution in [0.3, 0.4) is 0 Å². The molecule has 9 aromatic rings. The van der Waals surface area contributed by atoms with E-state index < -0.39 is 0 Å². The van der Waals surface area contributed by atoms with Gasteiger partial charge in [-0.3, -0.25) is 0 Å². The van der Waals surface area contributed by atoms with Crippen molar-refractivity contribution in [2.24, 2.45) is 0 Å². The fraction of sp³-hybridized carbons (Fsp3) is 0. The minimum absolute atomic E-state index is 0.445. The van der Waals surface area contributed by atoms with E-state index in [-0.39, 0.29) is 0 Å². The van der Waals surface area contributed by atoms with Crippen molar-refractivity contribution in [1.82, 2.24) is 0 Å². The third-order valence-corrected chi connectivity index (χ3v) is 9.11. The van der Waals surface area contributed by atoms with Crippen molar-refractivity contribution in [2.45, 2.75) is 0 Å². The van der Waals surface area contributed by atoms with Gasteiger partial charge in [0, 0.05) is 27.1 Å². The molecule has 0 radical (unpaired) electrons. The molecule has 9 rings (SSSR count). The van der Waals surface area contributed by atoms with Crippen molar-refractivity contribution in [2.75, 3.05) is 0 Å². The van der Waals surface area contributed by atoms with E-state index in [0.29, 0.717) is 11.1 Å². The van der Waals surface area contributed by atoms with Crippen molar-refractivity contribution in [3.63, 3.8) is 0 Å². The van der Waals surface area contributed by atoms with Crippen LogP contribution in [0.1, 0.15) is 11.1 Å². The maximum absolute atomic E-state index is 10.5. The predicted molar refractivity (Wildman–Crippen MR) is 192 cm³/mol. The second-order valence-electron chi connectivity index (χ2n) is 12.0. The van der Waals surface area contributed by atoms with Crippen LogP contribution in [0.5, 0.6) is 0 Å². The van der Waals surface area contributed by atoms with E-state index in [1.54, 1.807) is 6.07 Å². The first-order valence-corrected chi connectivity index (χ1v) is 15.7. The van der Waals surface area contributed by atoms with Gasteiger partial charge in [0.1, 0.15) is 22.3 Å². The molecular formula is C44H24N2O2. The molecule has 0 N–H and O–H groups in total. The average molecular weight is 613 g/mol. The molecule has 0 atom stereocenters. The lowest BCUT2D eigenvalue weighted by Gasteiger charge is -2.16. The Morgan fingerprint density at radius 3 is 1.46 bits per heavy atom.